The molecule has 4 heteroatoms. The molecular formula is C2H7Cl3Si. The van der Waals surface area contributed by atoms with E-state index in [1.54, 1.807) is 0 Å². The van der Waals surface area contributed by atoms with Gasteiger partial charge in [0.25, 0.3) is 0 Å². The van der Waals surface area contributed by atoms with Gasteiger partial charge in [-0.1, -0.05) is 6.55 Å². The van der Waals surface area contributed by atoms with Gasteiger partial charge in [-0.15, -0.1) is 24.0 Å². The third-order valence-electron chi connectivity index (χ3n) is 0.213. The monoisotopic (exact) mass is 164 g/mol. The molecule has 40 valence electrons. The van der Waals surface area contributed by atoms with Gasteiger partial charge in [0.05, 0.1) is 0 Å². The van der Waals surface area contributed by atoms with Crippen LogP contribution in [0.1, 0.15) is 0 Å². The van der Waals surface area contributed by atoms with Crippen molar-refractivity contribution in [3.63, 3.8) is 0 Å². The first-order chi connectivity index (χ1) is 2.27. The summed E-state index contributed by atoms with van der Waals surface area (Å²) in [5.74, 6) is 0. The molecule has 0 aromatic rings. The van der Waals surface area contributed by atoms with Gasteiger partial charge < -0.3 is 0 Å². The van der Waals surface area contributed by atoms with Crippen LogP contribution in [-0.2, 0) is 0 Å². The number of hydrogen-bond acceptors (Lipinski definition) is 0. The van der Waals surface area contributed by atoms with E-state index >= 15 is 0 Å². The molecule has 0 aromatic carbocycles. The number of halogens is 3. The normalized spacial score (nSPS) is 12.5. The first-order valence-electron chi connectivity index (χ1n) is 1.47. The predicted molar refractivity (Wildman–Crippen MR) is 36.8 cm³/mol. The first-order valence-corrected chi connectivity index (χ1v) is 5.72. The van der Waals surface area contributed by atoms with Crippen LogP contribution in [0.2, 0.25) is 6.55 Å². The molecule has 0 aromatic heterocycles. The van der Waals surface area contributed by atoms with Crippen LogP contribution in [0, 0.1) is 0 Å². The van der Waals surface area contributed by atoms with Gasteiger partial charge >= 0.3 is 0 Å². The fourth-order valence-corrected chi connectivity index (χ4v) is 0. The van der Waals surface area contributed by atoms with Crippen molar-refractivity contribution in [3.05, 3.63) is 0 Å². The van der Waals surface area contributed by atoms with Crippen LogP contribution in [0.15, 0.2) is 0 Å². The van der Waals surface area contributed by atoms with E-state index in [0.717, 1.165) is 0 Å². The van der Waals surface area contributed by atoms with Gasteiger partial charge in [0.1, 0.15) is 0 Å². The lowest BCUT2D eigenvalue weighted by Crippen LogP contribution is -1.95. The quantitative estimate of drug-likeness (QED) is 0.316. The maximum absolute atomic E-state index is 5.47. The summed E-state index contributed by atoms with van der Waals surface area (Å²) < 4.78 is 0. The predicted octanol–water partition coefficient (Wildman–Crippen LogP) is 1.78. The third-order valence-corrected chi connectivity index (χ3v) is 2.96. The van der Waals surface area contributed by atoms with Gasteiger partial charge in [-0.25, -0.2) is 0 Å². The van der Waals surface area contributed by atoms with Crippen molar-refractivity contribution in [1.29, 1.82) is 0 Å². The molecule has 0 aliphatic carbocycles. The maximum atomic E-state index is 5.47. The molecule has 0 amide bonds. The molecule has 0 heterocycles. The van der Waals surface area contributed by atoms with Crippen LogP contribution in [0.5, 0.6) is 0 Å². The van der Waals surface area contributed by atoms with E-state index in [4.69, 9.17) is 22.7 Å². The maximum Gasteiger partial charge on any atom is 0.152 e. The molecule has 0 aliphatic heterocycles. The van der Waals surface area contributed by atoms with Crippen LogP contribution in [0.25, 0.3) is 0 Å². The fourth-order valence-electron chi connectivity index (χ4n) is 0. The van der Waals surface area contributed by atoms with Gasteiger partial charge in [0.15, 0.2) is 8.11 Å². The second-order valence-electron chi connectivity index (χ2n) is 0.935. The van der Waals surface area contributed by atoms with Crippen molar-refractivity contribution < 1.29 is 0 Å². The molecule has 1 unspecified atom stereocenters. The van der Waals surface area contributed by atoms with Crippen molar-refractivity contribution in [2.45, 2.75) is 6.55 Å². The second kappa shape index (κ2) is 6.09. The van der Waals surface area contributed by atoms with Crippen molar-refractivity contribution in [2.75, 3.05) is 5.50 Å². The Balaban J connectivity index is 0. The van der Waals surface area contributed by atoms with Gasteiger partial charge in [-0.2, -0.15) is 11.1 Å². The molecule has 0 saturated carbocycles. The lowest BCUT2D eigenvalue weighted by atomic mass is 11.9. The SMILES string of the molecule is C[SiH](Cl)CCl.Cl. The molecule has 0 radical (unpaired) electrons. The zero-order valence-corrected chi connectivity index (χ0v) is 6.93. The van der Waals surface area contributed by atoms with E-state index in [2.05, 4.69) is 0 Å². The average Bonchev–Trinajstić information content (AvgIpc) is 1.38. The molecule has 0 aliphatic rings. The second-order valence-corrected chi connectivity index (χ2v) is 5.97. The summed E-state index contributed by atoms with van der Waals surface area (Å²) in [7, 11) is -0.912. The molecule has 6 heavy (non-hydrogen) atoms. The Morgan fingerprint density at radius 3 is 1.83 bits per heavy atom. The van der Waals surface area contributed by atoms with Crippen molar-refractivity contribution >= 4 is 43.2 Å². The fraction of sp³-hybridized carbons (Fsp3) is 1.00. The highest BCUT2D eigenvalue weighted by molar-refractivity contribution is 7.08. The van der Waals surface area contributed by atoms with Crippen LogP contribution in [-0.4, -0.2) is 13.6 Å². The Morgan fingerprint density at radius 1 is 1.67 bits per heavy atom. The van der Waals surface area contributed by atoms with Crippen molar-refractivity contribution in [2.24, 2.45) is 0 Å². The van der Waals surface area contributed by atoms with Gasteiger partial charge in [0, 0.05) is 5.50 Å². The molecule has 0 N–H and O–H groups in total. The summed E-state index contributed by atoms with van der Waals surface area (Å²) in [6, 6.07) is 0. The Bertz CT molecular complexity index is 22.8. The number of rotatable bonds is 1. The van der Waals surface area contributed by atoms with E-state index in [1.165, 1.54) is 0 Å². The highest BCUT2D eigenvalue weighted by atomic mass is 35.6. The smallest absolute Gasteiger partial charge is 0.152 e. The van der Waals surface area contributed by atoms with E-state index < -0.39 is 8.11 Å². The van der Waals surface area contributed by atoms with Crippen LogP contribution < -0.4 is 0 Å². The zero-order chi connectivity index (χ0) is 4.28. The van der Waals surface area contributed by atoms with Crippen molar-refractivity contribution in [1.82, 2.24) is 0 Å². The highest BCUT2D eigenvalue weighted by Gasteiger charge is 1.89. The van der Waals surface area contributed by atoms with Crippen LogP contribution in [0.3, 0.4) is 0 Å². The lowest BCUT2D eigenvalue weighted by molar-refractivity contribution is 2.00. The summed E-state index contributed by atoms with van der Waals surface area (Å²) in [6.45, 7) is 1.99. The Labute approximate surface area is 55.5 Å². The Hall–Kier alpha value is 1.09. The minimum atomic E-state index is -0.912. The summed E-state index contributed by atoms with van der Waals surface area (Å²) in [5.41, 5.74) is 0.682. The highest BCUT2D eigenvalue weighted by Crippen LogP contribution is 1.88. The van der Waals surface area contributed by atoms with Gasteiger partial charge in [-0.05, 0) is 0 Å². The summed E-state index contributed by atoms with van der Waals surface area (Å²) in [5, 5.41) is 0. The Kier molecular flexibility index (Phi) is 10.3. The van der Waals surface area contributed by atoms with Crippen molar-refractivity contribution in [3.8, 4) is 0 Å². The molecule has 0 saturated heterocycles. The van der Waals surface area contributed by atoms with E-state index in [9.17, 15) is 0 Å². The van der Waals surface area contributed by atoms with Gasteiger partial charge in [0.2, 0.25) is 0 Å². The topological polar surface area (TPSA) is 0 Å². The molecule has 0 spiro atoms. The minimum absolute atomic E-state index is 0. The molecule has 0 fully saturated rings. The molecular weight excluding hydrogens is 158 g/mol. The number of alkyl halides is 1. The van der Waals surface area contributed by atoms with E-state index in [1.807, 2.05) is 6.55 Å². The zero-order valence-electron chi connectivity index (χ0n) is 3.45. The summed E-state index contributed by atoms with van der Waals surface area (Å²) in [4.78, 5) is 0. The van der Waals surface area contributed by atoms with E-state index in [-0.39, 0.29) is 12.4 Å². The van der Waals surface area contributed by atoms with E-state index in [0.29, 0.717) is 5.50 Å². The van der Waals surface area contributed by atoms with Crippen LogP contribution >= 0.6 is 35.1 Å². The molecule has 0 bridgehead atoms. The molecule has 1 atom stereocenters. The summed E-state index contributed by atoms with van der Waals surface area (Å²) >= 11 is 10.7. The Morgan fingerprint density at radius 2 is 1.83 bits per heavy atom. The largest absolute Gasteiger partial charge is 0.171 e. The van der Waals surface area contributed by atoms with Crippen LogP contribution in [0.4, 0.5) is 0 Å². The molecule has 0 rings (SSSR count). The average molecular weight is 166 g/mol. The first kappa shape index (κ1) is 10.1. The van der Waals surface area contributed by atoms with Gasteiger partial charge in [-0.3, -0.25) is 0 Å². The number of hydrogen-bond donors (Lipinski definition) is 0. The lowest BCUT2D eigenvalue weighted by Gasteiger charge is -1.82. The third kappa shape index (κ3) is 8.92. The standard InChI is InChI=1S/C2H6Cl2Si.ClH/c1-5(4)2-3;/h5H,2H2,1H3;1H. The summed E-state index contributed by atoms with van der Waals surface area (Å²) in [6.07, 6.45) is 0. The molecule has 0 nitrogen and oxygen atoms in total. The minimum Gasteiger partial charge on any atom is -0.171 e.